The van der Waals surface area contributed by atoms with Crippen LogP contribution in [-0.2, 0) is 4.79 Å². The first-order chi connectivity index (χ1) is 7.88. The number of carboxylic acids is 1. The topological polar surface area (TPSA) is 72.5 Å². The van der Waals surface area contributed by atoms with Crippen molar-refractivity contribution in [2.75, 3.05) is 7.11 Å². The molecule has 0 fully saturated rings. The molecule has 0 amide bonds. The molecule has 1 aromatic carbocycles. The number of aliphatic carboxylic acids is 1. The number of carbonyl (C=O) groups is 1. The summed E-state index contributed by atoms with van der Waals surface area (Å²) in [6.45, 7) is 0. The van der Waals surface area contributed by atoms with E-state index in [-0.39, 0.29) is 5.75 Å². The van der Waals surface area contributed by atoms with Crippen LogP contribution in [0.5, 0.6) is 5.75 Å². The Balaban J connectivity index is 3.25. The maximum absolute atomic E-state index is 13.7. The van der Waals surface area contributed by atoms with E-state index in [1.807, 2.05) is 0 Å². The largest absolute Gasteiger partial charge is 0.495 e. The summed E-state index contributed by atoms with van der Waals surface area (Å²) in [4.78, 5) is 10.4. The average molecular weight is 266 g/mol. The van der Waals surface area contributed by atoms with Crippen LogP contribution in [0.1, 0.15) is 18.0 Å². The van der Waals surface area contributed by atoms with E-state index >= 15 is 0 Å². The second-order valence-corrected chi connectivity index (χ2v) is 3.68. The van der Waals surface area contributed by atoms with Gasteiger partial charge in [0.15, 0.2) is 5.82 Å². The van der Waals surface area contributed by atoms with Gasteiger partial charge in [-0.15, -0.1) is 0 Å². The lowest BCUT2D eigenvalue weighted by atomic mass is 10.0. The molecular weight excluding hydrogens is 256 g/mol. The highest BCUT2D eigenvalue weighted by molar-refractivity contribution is 6.32. The van der Waals surface area contributed by atoms with Gasteiger partial charge in [0.2, 0.25) is 0 Å². The molecular formula is C10H10ClF2NO3. The monoisotopic (exact) mass is 265 g/mol. The van der Waals surface area contributed by atoms with E-state index in [1.165, 1.54) is 7.11 Å². The first-order valence-electron chi connectivity index (χ1n) is 4.57. The quantitative estimate of drug-likeness (QED) is 0.818. The minimum atomic E-state index is -1.31. The van der Waals surface area contributed by atoms with Crippen molar-refractivity contribution in [3.05, 3.63) is 28.3 Å². The van der Waals surface area contributed by atoms with Gasteiger partial charge < -0.3 is 15.6 Å². The number of rotatable bonds is 4. The zero-order valence-corrected chi connectivity index (χ0v) is 9.59. The minimum Gasteiger partial charge on any atom is -0.495 e. The number of carboxylic acid groups (broad SMARTS) is 1. The molecule has 0 aliphatic carbocycles. The van der Waals surface area contributed by atoms with Crippen molar-refractivity contribution in [2.24, 2.45) is 5.73 Å². The van der Waals surface area contributed by atoms with E-state index in [2.05, 4.69) is 4.74 Å². The Morgan fingerprint density at radius 2 is 2.24 bits per heavy atom. The highest BCUT2D eigenvalue weighted by atomic mass is 35.5. The third-order valence-electron chi connectivity index (χ3n) is 2.15. The van der Waals surface area contributed by atoms with Crippen LogP contribution in [0.2, 0.25) is 5.02 Å². The average Bonchev–Trinajstić information content (AvgIpc) is 2.22. The summed E-state index contributed by atoms with van der Waals surface area (Å²) in [6, 6.07) is -0.446. The van der Waals surface area contributed by atoms with Crippen molar-refractivity contribution < 1.29 is 23.4 Å². The van der Waals surface area contributed by atoms with E-state index in [0.717, 1.165) is 6.07 Å². The molecule has 0 radical (unpaired) electrons. The molecule has 1 aromatic rings. The molecule has 17 heavy (non-hydrogen) atoms. The summed E-state index contributed by atoms with van der Waals surface area (Å²) in [6.07, 6.45) is -0.601. The van der Waals surface area contributed by atoms with Crippen molar-refractivity contribution in [3.8, 4) is 5.75 Å². The van der Waals surface area contributed by atoms with Gasteiger partial charge in [-0.2, -0.15) is 0 Å². The van der Waals surface area contributed by atoms with Gasteiger partial charge >= 0.3 is 5.97 Å². The number of hydrogen-bond acceptors (Lipinski definition) is 3. The Morgan fingerprint density at radius 3 is 2.71 bits per heavy atom. The summed E-state index contributed by atoms with van der Waals surface area (Å²) < 4.78 is 31.9. The second kappa shape index (κ2) is 5.29. The number of methoxy groups -OCH3 is 1. The van der Waals surface area contributed by atoms with E-state index in [9.17, 15) is 13.6 Å². The SMILES string of the molecule is COc1cc(F)c(C(N)CC(=O)O)c(F)c1Cl. The first kappa shape index (κ1) is 13.7. The molecule has 0 saturated carbocycles. The molecule has 0 heterocycles. The molecule has 0 aliphatic heterocycles. The maximum Gasteiger partial charge on any atom is 0.305 e. The zero-order chi connectivity index (χ0) is 13.2. The third-order valence-corrected chi connectivity index (χ3v) is 2.50. The Kier molecular flexibility index (Phi) is 4.25. The smallest absolute Gasteiger partial charge is 0.305 e. The van der Waals surface area contributed by atoms with Crippen LogP contribution >= 0.6 is 11.6 Å². The summed E-state index contributed by atoms with van der Waals surface area (Å²) in [7, 11) is 1.21. The normalized spacial score (nSPS) is 12.3. The van der Waals surface area contributed by atoms with E-state index in [0.29, 0.717) is 0 Å². The van der Waals surface area contributed by atoms with E-state index < -0.39 is 40.7 Å². The van der Waals surface area contributed by atoms with Crippen LogP contribution in [0.15, 0.2) is 6.07 Å². The fourth-order valence-electron chi connectivity index (χ4n) is 1.37. The van der Waals surface area contributed by atoms with Gasteiger partial charge in [-0.3, -0.25) is 4.79 Å². The van der Waals surface area contributed by atoms with E-state index in [1.54, 1.807) is 0 Å². The highest BCUT2D eigenvalue weighted by Crippen LogP contribution is 2.34. The molecule has 1 rings (SSSR count). The fraction of sp³-hybridized carbons (Fsp3) is 0.300. The van der Waals surface area contributed by atoms with Crippen LogP contribution in [-0.4, -0.2) is 18.2 Å². The lowest BCUT2D eigenvalue weighted by Crippen LogP contribution is -2.18. The van der Waals surface area contributed by atoms with Crippen LogP contribution < -0.4 is 10.5 Å². The molecule has 4 nitrogen and oxygen atoms in total. The number of nitrogens with two attached hydrogens (primary N) is 1. The summed E-state index contributed by atoms with van der Waals surface area (Å²) in [5.74, 6) is -3.52. The van der Waals surface area contributed by atoms with Crippen molar-refractivity contribution in [1.29, 1.82) is 0 Å². The number of halogens is 3. The van der Waals surface area contributed by atoms with Crippen LogP contribution in [0.3, 0.4) is 0 Å². The number of hydrogen-bond donors (Lipinski definition) is 2. The molecule has 7 heteroatoms. The molecule has 0 saturated heterocycles. The van der Waals surface area contributed by atoms with Gasteiger partial charge in [-0.25, -0.2) is 8.78 Å². The molecule has 94 valence electrons. The van der Waals surface area contributed by atoms with Crippen LogP contribution in [0, 0.1) is 11.6 Å². The predicted molar refractivity (Wildman–Crippen MR) is 57.1 cm³/mol. The van der Waals surface area contributed by atoms with E-state index in [4.69, 9.17) is 22.4 Å². The minimum absolute atomic E-state index is 0.173. The molecule has 0 spiro atoms. The number of benzene rings is 1. The van der Waals surface area contributed by atoms with Crippen molar-refractivity contribution in [1.82, 2.24) is 0 Å². The molecule has 1 unspecified atom stereocenters. The Morgan fingerprint density at radius 1 is 1.65 bits per heavy atom. The van der Waals surface area contributed by atoms with Gasteiger partial charge in [0, 0.05) is 17.7 Å². The predicted octanol–water partition coefficient (Wildman–Crippen LogP) is 2.10. The summed E-state index contributed by atoms with van der Waals surface area (Å²) in [5.41, 5.74) is 4.84. The van der Waals surface area contributed by atoms with Crippen molar-refractivity contribution in [2.45, 2.75) is 12.5 Å². The van der Waals surface area contributed by atoms with Crippen LogP contribution in [0.25, 0.3) is 0 Å². The molecule has 0 aromatic heterocycles. The molecule has 1 atom stereocenters. The Bertz CT molecular complexity index is 454. The Labute approximate surface area is 101 Å². The molecule has 0 bridgehead atoms. The summed E-state index contributed by atoms with van der Waals surface area (Å²) >= 11 is 5.58. The van der Waals surface area contributed by atoms with Crippen molar-refractivity contribution in [3.63, 3.8) is 0 Å². The molecule has 0 aliphatic rings. The van der Waals surface area contributed by atoms with Gasteiger partial charge in [0.25, 0.3) is 0 Å². The van der Waals surface area contributed by atoms with Crippen LogP contribution in [0.4, 0.5) is 8.78 Å². The van der Waals surface area contributed by atoms with Gasteiger partial charge in [0.1, 0.15) is 16.6 Å². The van der Waals surface area contributed by atoms with Gasteiger partial charge in [-0.1, -0.05) is 11.6 Å². The lowest BCUT2D eigenvalue weighted by Gasteiger charge is -2.14. The summed E-state index contributed by atoms with van der Waals surface area (Å²) in [5, 5.41) is 8.09. The molecule has 3 N–H and O–H groups in total. The second-order valence-electron chi connectivity index (χ2n) is 3.31. The lowest BCUT2D eigenvalue weighted by molar-refractivity contribution is -0.137. The number of ether oxygens (including phenoxy) is 1. The Hall–Kier alpha value is -1.40. The first-order valence-corrected chi connectivity index (χ1v) is 4.95. The van der Waals surface area contributed by atoms with Gasteiger partial charge in [-0.05, 0) is 0 Å². The van der Waals surface area contributed by atoms with Crippen molar-refractivity contribution >= 4 is 17.6 Å². The highest BCUT2D eigenvalue weighted by Gasteiger charge is 2.24. The maximum atomic E-state index is 13.7. The standard InChI is InChI=1S/C10H10ClF2NO3/c1-17-6-2-4(12)8(10(13)9(6)11)5(14)3-7(15)16/h2,5H,3,14H2,1H3,(H,15,16). The fourth-order valence-corrected chi connectivity index (χ4v) is 1.60. The van der Waals surface area contributed by atoms with Gasteiger partial charge in [0.05, 0.1) is 13.5 Å². The zero-order valence-electron chi connectivity index (χ0n) is 8.84. The third kappa shape index (κ3) is 2.83.